The van der Waals surface area contributed by atoms with Crippen LogP contribution in [0.4, 0.5) is 9.59 Å². The maximum absolute atomic E-state index is 12.5. The molecule has 4 amide bonds. The normalized spacial score (nSPS) is 19.6. The number of amides is 4. The van der Waals surface area contributed by atoms with Gasteiger partial charge >= 0.3 is 12.1 Å². The van der Waals surface area contributed by atoms with E-state index >= 15 is 0 Å². The first-order valence-electron chi connectivity index (χ1n) is 9.86. The van der Waals surface area contributed by atoms with E-state index in [0.717, 1.165) is 16.7 Å². The van der Waals surface area contributed by atoms with Crippen molar-refractivity contribution >= 4 is 12.1 Å². The maximum atomic E-state index is 12.5. The highest BCUT2D eigenvalue weighted by Gasteiger charge is 2.37. The molecule has 2 saturated heterocycles. The largest absolute Gasteiger partial charge is 0.381 e. The standard InChI is InChI=1S/C21H25N5O3/c1-14(16-3-2-4-17(13-16)15-5-9-22-10-6-15)23-19-24-20(27)26(21(28)25-19)18-7-11-29-12-8-18/h2-6,9-10,13-14,18-19,23H,7-8,11-12H2,1H3,(H,24,27)(H,25,28)/t14-/m0/s1. The highest BCUT2D eigenvalue weighted by atomic mass is 16.5. The summed E-state index contributed by atoms with van der Waals surface area (Å²) in [4.78, 5) is 30.4. The Bertz CT molecular complexity index is 852. The molecule has 8 nitrogen and oxygen atoms in total. The topological polar surface area (TPSA) is 95.6 Å². The van der Waals surface area contributed by atoms with Crippen LogP contribution in [-0.4, -0.2) is 47.5 Å². The van der Waals surface area contributed by atoms with E-state index < -0.39 is 6.29 Å². The van der Waals surface area contributed by atoms with Gasteiger partial charge in [0.25, 0.3) is 0 Å². The van der Waals surface area contributed by atoms with E-state index in [1.54, 1.807) is 12.4 Å². The lowest BCUT2D eigenvalue weighted by Crippen LogP contribution is -2.70. The Morgan fingerprint density at radius 1 is 1.07 bits per heavy atom. The molecule has 3 N–H and O–H groups in total. The van der Waals surface area contributed by atoms with Crippen LogP contribution in [0.3, 0.4) is 0 Å². The lowest BCUT2D eigenvalue weighted by Gasteiger charge is -2.39. The summed E-state index contributed by atoms with van der Waals surface area (Å²) < 4.78 is 5.32. The molecular formula is C21H25N5O3. The average molecular weight is 395 g/mol. The van der Waals surface area contributed by atoms with Gasteiger partial charge in [0.1, 0.15) is 0 Å². The predicted molar refractivity (Wildman–Crippen MR) is 108 cm³/mol. The zero-order valence-corrected chi connectivity index (χ0v) is 16.3. The van der Waals surface area contributed by atoms with Crippen molar-refractivity contribution in [3.8, 4) is 11.1 Å². The number of hydrogen-bond acceptors (Lipinski definition) is 5. The van der Waals surface area contributed by atoms with E-state index in [0.29, 0.717) is 26.1 Å². The molecule has 0 bridgehead atoms. The molecular weight excluding hydrogens is 370 g/mol. The van der Waals surface area contributed by atoms with Crippen molar-refractivity contribution in [2.24, 2.45) is 0 Å². The summed E-state index contributed by atoms with van der Waals surface area (Å²) in [7, 11) is 0. The summed E-state index contributed by atoms with van der Waals surface area (Å²) in [5, 5.41) is 8.94. The number of rotatable bonds is 5. The van der Waals surface area contributed by atoms with Crippen molar-refractivity contribution in [2.75, 3.05) is 13.2 Å². The number of aromatic nitrogens is 1. The molecule has 2 fully saturated rings. The van der Waals surface area contributed by atoms with Crippen molar-refractivity contribution in [1.29, 1.82) is 0 Å². The van der Waals surface area contributed by atoms with Crippen molar-refractivity contribution in [1.82, 2.24) is 25.8 Å². The molecule has 2 aliphatic heterocycles. The molecule has 29 heavy (non-hydrogen) atoms. The van der Waals surface area contributed by atoms with Gasteiger partial charge in [0.15, 0.2) is 6.29 Å². The molecule has 152 valence electrons. The highest BCUT2D eigenvalue weighted by molar-refractivity contribution is 5.96. The Morgan fingerprint density at radius 3 is 2.45 bits per heavy atom. The summed E-state index contributed by atoms with van der Waals surface area (Å²) in [6, 6.07) is 11.1. The van der Waals surface area contributed by atoms with Crippen LogP contribution >= 0.6 is 0 Å². The Balaban J connectivity index is 1.41. The second-order valence-electron chi connectivity index (χ2n) is 7.30. The first kappa shape index (κ1) is 19.4. The average Bonchev–Trinajstić information content (AvgIpc) is 2.75. The molecule has 8 heteroatoms. The number of carbonyl (C=O) groups is 2. The SMILES string of the molecule is C[C@H](NC1NC(=O)N(C2CCOCC2)C(=O)N1)c1cccc(-c2ccncc2)c1. The van der Waals surface area contributed by atoms with Gasteiger partial charge in [0, 0.05) is 37.7 Å². The van der Waals surface area contributed by atoms with Crippen molar-refractivity contribution in [2.45, 2.75) is 38.1 Å². The molecule has 1 aromatic carbocycles. The number of nitrogens with zero attached hydrogens (tertiary/aromatic N) is 2. The highest BCUT2D eigenvalue weighted by Crippen LogP contribution is 2.23. The summed E-state index contributed by atoms with van der Waals surface area (Å²) >= 11 is 0. The minimum absolute atomic E-state index is 0.0861. The van der Waals surface area contributed by atoms with Gasteiger partial charge in [-0.25, -0.2) is 14.5 Å². The molecule has 2 aromatic rings. The fourth-order valence-corrected chi connectivity index (χ4v) is 3.75. The predicted octanol–water partition coefficient (Wildman–Crippen LogP) is 2.60. The van der Waals surface area contributed by atoms with Gasteiger partial charge in [-0.1, -0.05) is 18.2 Å². The smallest absolute Gasteiger partial charge is 0.328 e. The lowest BCUT2D eigenvalue weighted by molar-refractivity contribution is 0.0492. The molecule has 0 unspecified atom stereocenters. The summed E-state index contributed by atoms with van der Waals surface area (Å²) in [5.41, 5.74) is 3.22. The number of nitrogens with one attached hydrogen (secondary N) is 3. The molecule has 0 saturated carbocycles. The second-order valence-corrected chi connectivity index (χ2v) is 7.30. The first-order valence-corrected chi connectivity index (χ1v) is 9.86. The van der Waals surface area contributed by atoms with E-state index in [2.05, 4.69) is 27.0 Å². The van der Waals surface area contributed by atoms with Gasteiger partial charge in [0.2, 0.25) is 0 Å². The van der Waals surface area contributed by atoms with Gasteiger partial charge in [-0.3, -0.25) is 10.3 Å². The van der Waals surface area contributed by atoms with Crippen LogP contribution in [0.5, 0.6) is 0 Å². The number of ether oxygens (including phenoxy) is 1. The van der Waals surface area contributed by atoms with E-state index in [1.807, 2.05) is 37.3 Å². The zero-order chi connectivity index (χ0) is 20.2. The molecule has 0 aliphatic carbocycles. The van der Waals surface area contributed by atoms with Crippen molar-refractivity contribution in [3.63, 3.8) is 0 Å². The third kappa shape index (κ3) is 4.38. The van der Waals surface area contributed by atoms with E-state index in [-0.39, 0.29) is 24.1 Å². The summed E-state index contributed by atoms with van der Waals surface area (Å²) in [5.74, 6) is 0. The number of urea groups is 2. The number of hydrogen-bond donors (Lipinski definition) is 3. The minimum atomic E-state index is -0.634. The lowest BCUT2D eigenvalue weighted by atomic mass is 10.0. The van der Waals surface area contributed by atoms with Crippen LogP contribution in [0.1, 0.15) is 31.4 Å². The molecule has 1 atom stereocenters. The second kappa shape index (κ2) is 8.59. The van der Waals surface area contributed by atoms with Crippen molar-refractivity contribution in [3.05, 3.63) is 54.4 Å². The Morgan fingerprint density at radius 2 is 1.76 bits per heavy atom. The van der Waals surface area contributed by atoms with Crippen LogP contribution in [0.2, 0.25) is 0 Å². The van der Waals surface area contributed by atoms with Crippen LogP contribution < -0.4 is 16.0 Å². The number of imide groups is 1. The fourth-order valence-electron chi connectivity index (χ4n) is 3.75. The summed E-state index contributed by atoms with van der Waals surface area (Å²) in [6.45, 7) is 3.12. The van der Waals surface area contributed by atoms with E-state index in [4.69, 9.17) is 4.74 Å². The van der Waals surface area contributed by atoms with Gasteiger partial charge in [-0.15, -0.1) is 0 Å². The maximum Gasteiger partial charge on any atom is 0.328 e. The van der Waals surface area contributed by atoms with Gasteiger partial charge in [0.05, 0.1) is 0 Å². The molecule has 0 spiro atoms. The molecule has 2 aliphatic rings. The third-order valence-corrected chi connectivity index (χ3v) is 5.35. The van der Waals surface area contributed by atoms with Crippen LogP contribution in [-0.2, 0) is 4.74 Å². The number of benzene rings is 1. The molecule has 4 rings (SSSR count). The zero-order valence-electron chi connectivity index (χ0n) is 16.3. The molecule has 1 aromatic heterocycles. The molecule has 0 radical (unpaired) electrons. The monoisotopic (exact) mass is 395 g/mol. The Hall–Kier alpha value is -2.97. The van der Waals surface area contributed by atoms with Gasteiger partial charge in [-0.2, -0.15) is 0 Å². The van der Waals surface area contributed by atoms with E-state index in [1.165, 1.54) is 4.90 Å². The third-order valence-electron chi connectivity index (χ3n) is 5.35. The number of pyridine rings is 1. The first-order chi connectivity index (χ1) is 14.1. The van der Waals surface area contributed by atoms with Crippen LogP contribution in [0.15, 0.2) is 48.8 Å². The fraction of sp³-hybridized carbons (Fsp3) is 0.381. The Labute approximate surface area is 169 Å². The minimum Gasteiger partial charge on any atom is -0.381 e. The van der Waals surface area contributed by atoms with E-state index in [9.17, 15) is 9.59 Å². The van der Waals surface area contributed by atoms with Crippen molar-refractivity contribution < 1.29 is 14.3 Å². The molecule has 3 heterocycles. The quantitative estimate of drug-likeness (QED) is 0.723. The van der Waals surface area contributed by atoms with Gasteiger partial charge < -0.3 is 15.4 Å². The number of carbonyl (C=O) groups excluding carboxylic acids is 2. The van der Waals surface area contributed by atoms with Crippen LogP contribution in [0, 0.1) is 0 Å². The van der Waals surface area contributed by atoms with Gasteiger partial charge in [-0.05, 0) is 54.7 Å². The summed E-state index contributed by atoms with van der Waals surface area (Å²) in [6.07, 6.45) is 4.22. The Kier molecular flexibility index (Phi) is 5.73. The van der Waals surface area contributed by atoms with Crippen LogP contribution in [0.25, 0.3) is 11.1 Å².